The maximum absolute atomic E-state index is 13.4. The molecule has 0 spiro atoms. The Bertz CT molecular complexity index is 1180. The highest BCUT2D eigenvalue weighted by Crippen LogP contribution is 2.30. The van der Waals surface area contributed by atoms with E-state index in [1.54, 1.807) is 30.3 Å². The Morgan fingerprint density at radius 2 is 1.86 bits per heavy atom. The second kappa shape index (κ2) is 11.3. The SMILES string of the molecule is CCOc1ccc(N2C(=O)/C(=C\c3cc([N+](=O)[O-])ccc3N3CC[NH2+]CC3)C(=O)NC2=S)cc1.[Cl-]. The van der Waals surface area contributed by atoms with E-state index in [0.29, 0.717) is 23.6 Å². The number of non-ortho nitro benzene ring substituents is 1. The van der Waals surface area contributed by atoms with Crippen LogP contribution in [0, 0.1) is 10.1 Å². The summed E-state index contributed by atoms with van der Waals surface area (Å²) in [7, 11) is 0. The molecular weight excluding hydrogens is 494 g/mol. The summed E-state index contributed by atoms with van der Waals surface area (Å²) in [4.78, 5) is 40.4. The van der Waals surface area contributed by atoms with Gasteiger partial charge in [-0.3, -0.25) is 29.9 Å². The largest absolute Gasteiger partial charge is 1.00 e. The van der Waals surface area contributed by atoms with Gasteiger partial charge in [0.25, 0.3) is 17.5 Å². The Balaban J connectivity index is 0.00000342. The van der Waals surface area contributed by atoms with Gasteiger partial charge in [0.1, 0.15) is 11.3 Å². The summed E-state index contributed by atoms with van der Waals surface area (Å²) in [6, 6.07) is 11.2. The summed E-state index contributed by atoms with van der Waals surface area (Å²) < 4.78 is 5.44. The summed E-state index contributed by atoms with van der Waals surface area (Å²) >= 11 is 5.26. The number of carbonyl (C=O) groups is 2. The Labute approximate surface area is 213 Å². The third-order valence-corrected chi connectivity index (χ3v) is 5.86. The lowest BCUT2D eigenvalue weighted by Gasteiger charge is -2.30. The van der Waals surface area contributed by atoms with Crippen molar-refractivity contribution < 1.29 is 37.0 Å². The molecule has 0 unspecified atom stereocenters. The number of nitrogens with one attached hydrogen (secondary N) is 1. The molecule has 0 aliphatic carbocycles. The number of thiocarbonyl (C=S) groups is 1. The fourth-order valence-corrected chi connectivity index (χ4v) is 4.24. The number of benzene rings is 2. The second-order valence-corrected chi connectivity index (χ2v) is 8.12. The first-order chi connectivity index (χ1) is 16.4. The number of rotatable bonds is 6. The van der Waals surface area contributed by atoms with Crippen molar-refractivity contribution in [2.45, 2.75) is 6.92 Å². The van der Waals surface area contributed by atoms with E-state index < -0.39 is 16.7 Å². The molecule has 2 fully saturated rings. The van der Waals surface area contributed by atoms with Crippen molar-refractivity contribution in [3.05, 3.63) is 63.7 Å². The molecule has 10 nitrogen and oxygen atoms in total. The van der Waals surface area contributed by atoms with Crippen molar-refractivity contribution in [2.24, 2.45) is 0 Å². The Morgan fingerprint density at radius 3 is 2.49 bits per heavy atom. The second-order valence-electron chi connectivity index (χ2n) is 7.74. The van der Waals surface area contributed by atoms with E-state index >= 15 is 0 Å². The molecular formula is C23H24ClN5O5S. The summed E-state index contributed by atoms with van der Waals surface area (Å²) in [6.45, 7) is 5.63. The third-order valence-electron chi connectivity index (χ3n) is 5.58. The van der Waals surface area contributed by atoms with Crippen LogP contribution in [0.4, 0.5) is 17.1 Å². The van der Waals surface area contributed by atoms with Crippen LogP contribution < -0.4 is 37.6 Å². The lowest BCUT2D eigenvalue weighted by molar-refractivity contribution is -0.655. The highest BCUT2D eigenvalue weighted by atomic mass is 35.5. The number of anilines is 2. The molecule has 0 atom stereocenters. The van der Waals surface area contributed by atoms with Gasteiger partial charge >= 0.3 is 0 Å². The highest BCUT2D eigenvalue weighted by Gasteiger charge is 2.35. The van der Waals surface area contributed by atoms with Crippen molar-refractivity contribution in [2.75, 3.05) is 42.6 Å². The van der Waals surface area contributed by atoms with Crippen molar-refractivity contribution in [3.63, 3.8) is 0 Å². The van der Waals surface area contributed by atoms with Crippen LogP contribution in [0.15, 0.2) is 48.0 Å². The molecule has 2 aliphatic heterocycles. The Morgan fingerprint density at radius 1 is 1.17 bits per heavy atom. The molecule has 0 radical (unpaired) electrons. The fourth-order valence-electron chi connectivity index (χ4n) is 3.96. The fraction of sp³-hybridized carbons (Fsp3) is 0.261. The number of amides is 2. The molecule has 2 saturated heterocycles. The molecule has 0 aromatic heterocycles. The number of nitro groups is 1. The first-order valence-electron chi connectivity index (χ1n) is 10.9. The van der Waals surface area contributed by atoms with Crippen LogP contribution in [0.25, 0.3) is 6.08 Å². The van der Waals surface area contributed by atoms with Gasteiger partial charge in [-0.25, -0.2) is 0 Å². The molecule has 2 aromatic carbocycles. The van der Waals surface area contributed by atoms with Crippen LogP contribution in [0.1, 0.15) is 12.5 Å². The van der Waals surface area contributed by atoms with E-state index in [-0.39, 0.29) is 28.8 Å². The topological polar surface area (TPSA) is 122 Å². The number of halogens is 1. The van der Waals surface area contributed by atoms with Gasteiger partial charge < -0.3 is 27.4 Å². The lowest BCUT2D eigenvalue weighted by Crippen LogP contribution is -3.00. The minimum absolute atomic E-state index is 0. The van der Waals surface area contributed by atoms with E-state index in [1.165, 1.54) is 23.1 Å². The summed E-state index contributed by atoms with van der Waals surface area (Å²) in [5, 5.41) is 16.1. The maximum atomic E-state index is 13.4. The van der Waals surface area contributed by atoms with Crippen molar-refractivity contribution in [3.8, 4) is 5.75 Å². The molecule has 2 heterocycles. The van der Waals surface area contributed by atoms with Crippen LogP contribution >= 0.6 is 12.2 Å². The van der Waals surface area contributed by atoms with E-state index in [9.17, 15) is 19.7 Å². The number of piperazine rings is 1. The average molecular weight is 518 g/mol. The van der Waals surface area contributed by atoms with Crippen LogP contribution in [0.2, 0.25) is 0 Å². The van der Waals surface area contributed by atoms with Crippen LogP contribution in [-0.4, -0.2) is 54.6 Å². The van der Waals surface area contributed by atoms with Gasteiger partial charge in [-0.05, 0) is 55.5 Å². The standard InChI is InChI=1S/C23H23N5O5S.ClH/c1-2-33-18-6-3-16(4-7-18)27-22(30)19(21(29)25-23(27)34)14-15-13-17(28(31)32)5-8-20(15)26-11-9-24-10-12-26;/h3-8,13-14,24H,2,9-12H2,1H3,(H,25,29,34);1H/b19-14-;. The van der Waals surface area contributed by atoms with Crippen molar-refractivity contribution in [1.82, 2.24) is 5.32 Å². The summed E-state index contributed by atoms with van der Waals surface area (Å²) in [5.41, 5.74) is 1.34. The van der Waals surface area contributed by atoms with Crippen LogP contribution in [0.3, 0.4) is 0 Å². The van der Waals surface area contributed by atoms with Crippen LogP contribution in [-0.2, 0) is 9.59 Å². The number of quaternary nitrogens is 1. The quantitative estimate of drug-likeness (QED) is 0.153. The smallest absolute Gasteiger partial charge is 0.270 e. The zero-order valence-corrected chi connectivity index (χ0v) is 20.5. The molecule has 4 rings (SSSR count). The van der Waals surface area contributed by atoms with Crippen molar-refractivity contribution in [1.29, 1.82) is 0 Å². The minimum Gasteiger partial charge on any atom is -1.00 e. The molecule has 184 valence electrons. The zero-order valence-electron chi connectivity index (χ0n) is 18.9. The molecule has 0 bridgehead atoms. The summed E-state index contributed by atoms with van der Waals surface area (Å²) in [5.74, 6) is -0.620. The molecule has 12 heteroatoms. The molecule has 3 N–H and O–H groups in total. The molecule has 2 aliphatic rings. The molecule has 2 amide bonds. The number of nitrogens with zero attached hydrogens (tertiary/aromatic N) is 3. The van der Waals surface area contributed by atoms with Gasteiger partial charge in [0, 0.05) is 23.4 Å². The minimum atomic E-state index is -0.651. The van der Waals surface area contributed by atoms with Crippen LogP contribution in [0.5, 0.6) is 5.75 Å². The number of carbonyl (C=O) groups excluding carboxylic acids is 2. The highest BCUT2D eigenvalue weighted by molar-refractivity contribution is 7.80. The van der Waals surface area contributed by atoms with Gasteiger partial charge in [-0.1, -0.05) is 0 Å². The Kier molecular flexibility index (Phi) is 8.39. The number of ether oxygens (including phenoxy) is 1. The molecule has 2 aromatic rings. The van der Waals surface area contributed by atoms with E-state index in [2.05, 4.69) is 15.5 Å². The van der Waals surface area contributed by atoms with E-state index in [4.69, 9.17) is 17.0 Å². The van der Waals surface area contributed by atoms with E-state index in [1.807, 2.05) is 6.92 Å². The predicted octanol–water partition coefficient (Wildman–Crippen LogP) is -1.79. The van der Waals surface area contributed by atoms with Gasteiger partial charge in [0.05, 0.1) is 43.4 Å². The number of nitrogens with two attached hydrogens (primary N) is 1. The monoisotopic (exact) mass is 517 g/mol. The molecule has 35 heavy (non-hydrogen) atoms. The van der Waals surface area contributed by atoms with Gasteiger partial charge in [-0.15, -0.1) is 0 Å². The van der Waals surface area contributed by atoms with E-state index in [0.717, 1.165) is 31.9 Å². The Hall–Kier alpha value is -3.54. The lowest BCUT2D eigenvalue weighted by atomic mass is 10.0. The molecule has 0 saturated carbocycles. The predicted molar refractivity (Wildman–Crippen MR) is 131 cm³/mol. The van der Waals surface area contributed by atoms with Gasteiger partial charge in [-0.2, -0.15) is 0 Å². The number of hydrogen-bond acceptors (Lipinski definition) is 7. The number of hydrogen-bond donors (Lipinski definition) is 2. The van der Waals surface area contributed by atoms with Gasteiger partial charge in [0.15, 0.2) is 5.11 Å². The normalized spacial score (nSPS) is 17.2. The zero-order chi connectivity index (χ0) is 24.2. The van der Waals surface area contributed by atoms with Gasteiger partial charge in [0.2, 0.25) is 0 Å². The first-order valence-corrected chi connectivity index (χ1v) is 11.3. The first kappa shape index (κ1) is 26.1. The average Bonchev–Trinajstić information content (AvgIpc) is 2.83. The third kappa shape index (κ3) is 5.59. The number of nitro benzene ring substituents is 1. The maximum Gasteiger partial charge on any atom is 0.270 e. The van der Waals surface area contributed by atoms with Crippen molar-refractivity contribution >= 4 is 52.3 Å². The summed E-state index contributed by atoms with van der Waals surface area (Å²) in [6.07, 6.45) is 1.40.